The molecule has 1 amide bonds. The van der Waals surface area contributed by atoms with Crippen molar-refractivity contribution >= 4 is 5.91 Å². The molecule has 0 bridgehead atoms. The molecule has 3 heteroatoms. The SMILES string of the molecule is Cc1cccc(C2NC3(CC3)C(=O)N2C2CCC(C)C2)c1. The Morgan fingerprint density at radius 2 is 2.10 bits per heavy atom. The molecule has 0 aromatic heterocycles. The Balaban J connectivity index is 1.68. The lowest BCUT2D eigenvalue weighted by Gasteiger charge is -2.30. The van der Waals surface area contributed by atoms with Gasteiger partial charge in [-0.15, -0.1) is 0 Å². The summed E-state index contributed by atoms with van der Waals surface area (Å²) in [5.74, 6) is 1.10. The fourth-order valence-electron chi connectivity index (χ4n) is 4.13. The van der Waals surface area contributed by atoms with E-state index in [-0.39, 0.29) is 11.7 Å². The molecule has 1 aliphatic heterocycles. The minimum Gasteiger partial charge on any atom is -0.318 e. The van der Waals surface area contributed by atoms with Crippen molar-refractivity contribution in [3.63, 3.8) is 0 Å². The minimum atomic E-state index is -0.222. The van der Waals surface area contributed by atoms with Gasteiger partial charge < -0.3 is 4.90 Å². The maximum Gasteiger partial charge on any atom is 0.244 e. The number of benzene rings is 1. The van der Waals surface area contributed by atoms with Crippen LogP contribution in [-0.2, 0) is 4.79 Å². The second-order valence-corrected chi connectivity index (χ2v) is 7.33. The summed E-state index contributed by atoms with van der Waals surface area (Å²) in [5, 5.41) is 3.65. The quantitative estimate of drug-likeness (QED) is 0.905. The summed E-state index contributed by atoms with van der Waals surface area (Å²) in [6.45, 7) is 4.43. The van der Waals surface area contributed by atoms with Gasteiger partial charge in [-0.2, -0.15) is 0 Å². The van der Waals surface area contributed by atoms with Crippen LogP contribution in [0.15, 0.2) is 24.3 Å². The highest BCUT2D eigenvalue weighted by molar-refractivity contribution is 5.92. The largest absolute Gasteiger partial charge is 0.318 e. The molecular weight excluding hydrogens is 260 g/mol. The van der Waals surface area contributed by atoms with Crippen molar-refractivity contribution in [1.29, 1.82) is 0 Å². The molecule has 1 N–H and O–H groups in total. The third kappa shape index (κ3) is 2.10. The molecular formula is C18H24N2O. The van der Waals surface area contributed by atoms with Gasteiger partial charge in [0.25, 0.3) is 0 Å². The van der Waals surface area contributed by atoms with Crippen LogP contribution in [0.2, 0.25) is 0 Å². The van der Waals surface area contributed by atoms with E-state index in [1.807, 2.05) is 0 Å². The van der Waals surface area contributed by atoms with Crippen LogP contribution in [0, 0.1) is 12.8 Å². The van der Waals surface area contributed by atoms with Crippen LogP contribution >= 0.6 is 0 Å². The molecule has 0 radical (unpaired) electrons. The van der Waals surface area contributed by atoms with E-state index in [1.165, 1.54) is 17.5 Å². The number of amides is 1. The Bertz CT molecular complexity index is 578. The molecule has 2 aliphatic carbocycles. The zero-order chi connectivity index (χ0) is 14.6. The summed E-state index contributed by atoms with van der Waals surface area (Å²) in [6, 6.07) is 9.02. The van der Waals surface area contributed by atoms with Gasteiger partial charge in [-0.05, 0) is 50.5 Å². The maximum atomic E-state index is 12.9. The van der Waals surface area contributed by atoms with Crippen molar-refractivity contribution in [2.24, 2.45) is 5.92 Å². The van der Waals surface area contributed by atoms with Crippen molar-refractivity contribution < 1.29 is 4.79 Å². The van der Waals surface area contributed by atoms with E-state index < -0.39 is 0 Å². The van der Waals surface area contributed by atoms with Crippen molar-refractivity contribution in [2.45, 2.75) is 63.7 Å². The van der Waals surface area contributed by atoms with Crippen molar-refractivity contribution in [3.05, 3.63) is 35.4 Å². The summed E-state index contributed by atoms with van der Waals surface area (Å²) in [6.07, 6.45) is 5.66. The molecule has 3 atom stereocenters. The highest BCUT2D eigenvalue weighted by Gasteiger charge is 2.60. The first kappa shape index (κ1) is 13.3. The maximum absolute atomic E-state index is 12.9. The van der Waals surface area contributed by atoms with Crippen LogP contribution in [0.1, 0.15) is 56.3 Å². The van der Waals surface area contributed by atoms with Gasteiger partial charge in [0.2, 0.25) is 5.91 Å². The molecule has 1 aromatic carbocycles. The number of carbonyl (C=O) groups excluding carboxylic acids is 1. The van der Waals surface area contributed by atoms with Crippen molar-refractivity contribution in [3.8, 4) is 0 Å². The van der Waals surface area contributed by atoms with Crippen molar-refractivity contribution in [2.75, 3.05) is 0 Å². The third-order valence-corrected chi connectivity index (χ3v) is 5.50. The Morgan fingerprint density at radius 1 is 1.29 bits per heavy atom. The topological polar surface area (TPSA) is 32.3 Å². The predicted molar refractivity (Wildman–Crippen MR) is 82.7 cm³/mol. The van der Waals surface area contributed by atoms with E-state index in [0.29, 0.717) is 11.9 Å². The molecule has 3 nitrogen and oxygen atoms in total. The first-order valence-corrected chi connectivity index (χ1v) is 8.26. The van der Waals surface area contributed by atoms with Gasteiger partial charge in [-0.1, -0.05) is 36.8 Å². The zero-order valence-corrected chi connectivity index (χ0v) is 12.9. The smallest absolute Gasteiger partial charge is 0.244 e. The molecule has 112 valence electrons. The fourth-order valence-corrected chi connectivity index (χ4v) is 4.13. The molecule has 1 aromatic rings. The number of hydrogen-bond donors (Lipinski definition) is 1. The van der Waals surface area contributed by atoms with Gasteiger partial charge in [-0.3, -0.25) is 10.1 Å². The molecule has 1 heterocycles. The summed E-state index contributed by atoms with van der Waals surface area (Å²) in [7, 11) is 0. The van der Waals surface area contributed by atoms with Crippen LogP contribution in [0.3, 0.4) is 0 Å². The van der Waals surface area contributed by atoms with E-state index in [0.717, 1.165) is 31.6 Å². The number of nitrogens with zero attached hydrogens (tertiary/aromatic N) is 1. The number of nitrogens with one attached hydrogen (secondary N) is 1. The lowest BCUT2D eigenvalue weighted by atomic mass is 10.1. The van der Waals surface area contributed by atoms with Gasteiger partial charge in [0.05, 0.1) is 0 Å². The van der Waals surface area contributed by atoms with E-state index in [2.05, 4.69) is 48.3 Å². The number of carbonyl (C=O) groups is 1. The van der Waals surface area contributed by atoms with E-state index >= 15 is 0 Å². The standard InChI is InChI=1S/C18H24N2O/c1-12-4-3-5-14(10-12)16-19-18(8-9-18)17(21)20(16)15-7-6-13(2)11-15/h3-5,10,13,15-16,19H,6-9,11H2,1-2H3. The van der Waals surface area contributed by atoms with Gasteiger partial charge in [0.15, 0.2) is 0 Å². The highest BCUT2D eigenvalue weighted by Crippen LogP contribution is 2.48. The second-order valence-electron chi connectivity index (χ2n) is 7.33. The third-order valence-electron chi connectivity index (χ3n) is 5.50. The highest BCUT2D eigenvalue weighted by atomic mass is 16.2. The normalized spacial score (nSPS) is 33.9. The fraction of sp³-hybridized carbons (Fsp3) is 0.611. The molecule has 3 unspecified atom stereocenters. The molecule has 2 saturated carbocycles. The summed E-state index contributed by atoms with van der Waals surface area (Å²) >= 11 is 0. The second kappa shape index (κ2) is 4.57. The molecule has 4 rings (SSSR count). The summed E-state index contributed by atoms with van der Waals surface area (Å²) in [5.41, 5.74) is 2.28. The number of rotatable bonds is 2. The van der Waals surface area contributed by atoms with Crippen LogP contribution in [-0.4, -0.2) is 22.4 Å². The Morgan fingerprint density at radius 3 is 2.71 bits per heavy atom. The Kier molecular flexibility index (Phi) is 2.90. The van der Waals surface area contributed by atoms with Crippen LogP contribution < -0.4 is 5.32 Å². The van der Waals surface area contributed by atoms with E-state index in [9.17, 15) is 4.79 Å². The van der Waals surface area contributed by atoms with Crippen molar-refractivity contribution in [1.82, 2.24) is 10.2 Å². The number of hydrogen-bond acceptors (Lipinski definition) is 2. The van der Waals surface area contributed by atoms with Gasteiger partial charge >= 0.3 is 0 Å². The average molecular weight is 284 g/mol. The van der Waals surface area contributed by atoms with E-state index in [1.54, 1.807) is 0 Å². The van der Waals surface area contributed by atoms with Gasteiger partial charge in [0, 0.05) is 6.04 Å². The molecule has 1 spiro atoms. The van der Waals surface area contributed by atoms with Gasteiger partial charge in [0.1, 0.15) is 11.7 Å². The lowest BCUT2D eigenvalue weighted by molar-refractivity contribution is -0.133. The lowest BCUT2D eigenvalue weighted by Crippen LogP contribution is -2.39. The molecule has 21 heavy (non-hydrogen) atoms. The van der Waals surface area contributed by atoms with Crippen LogP contribution in [0.25, 0.3) is 0 Å². The molecule has 3 aliphatic rings. The summed E-state index contributed by atoms with van der Waals surface area (Å²) in [4.78, 5) is 15.1. The number of aryl methyl sites for hydroxylation is 1. The predicted octanol–water partition coefficient (Wildman–Crippen LogP) is 3.15. The first-order valence-electron chi connectivity index (χ1n) is 8.26. The average Bonchev–Trinajstić information content (AvgIpc) is 3.03. The Hall–Kier alpha value is -1.35. The zero-order valence-electron chi connectivity index (χ0n) is 12.9. The summed E-state index contributed by atoms with van der Waals surface area (Å²) < 4.78 is 0. The molecule has 3 fully saturated rings. The first-order chi connectivity index (χ1) is 10.1. The van der Waals surface area contributed by atoms with Crippen LogP contribution in [0.4, 0.5) is 0 Å². The molecule has 1 saturated heterocycles. The monoisotopic (exact) mass is 284 g/mol. The van der Waals surface area contributed by atoms with E-state index in [4.69, 9.17) is 0 Å². The Labute approximate surface area is 126 Å². The van der Waals surface area contributed by atoms with Crippen LogP contribution in [0.5, 0.6) is 0 Å². The van der Waals surface area contributed by atoms with Gasteiger partial charge in [-0.25, -0.2) is 0 Å². The minimum absolute atomic E-state index is 0.0789.